The molecule has 1 aliphatic heterocycles. The number of anilines is 1. The van der Waals surface area contributed by atoms with Crippen molar-refractivity contribution in [1.29, 1.82) is 0 Å². The van der Waals surface area contributed by atoms with Gasteiger partial charge in [0, 0.05) is 32.4 Å². The molecule has 3 rings (SSSR count). The van der Waals surface area contributed by atoms with Gasteiger partial charge in [-0.3, -0.25) is 9.59 Å². The predicted molar refractivity (Wildman–Crippen MR) is 115 cm³/mol. The van der Waals surface area contributed by atoms with E-state index in [9.17, 15) is 22.8 Å². The third-order valence-corrected chi connectivity index (χ3v) is 5.44. The van der Waals surface area contributed by atoms with Crippen LogP contribution in [0.5, 0.6) is 0 Å². The Morgan fingerprint density at radius 3 is 2.28 bits per heavy atom. The van der Waals surface area contributed by atoms with E-state index in [1.54, 1.807) is 9.80 Å². The van der Waals surface area contributed by atoms with Crippen molar-refractivity contribution in [3.8, 4) is 0 Å². The lowest BCUT2D eigenvalue weighted by Gasteiger charge is -2.38. The van der Waals surface area contributed by atoms with Crippen molar-refractivity contribution >= 4 is 17.6 Å². The molecule has 2 amide bonds. The summed E-state index contributed by atoms with van der Waals surface area (Å²) in [7, 11) is 0. The summed E-state index contributed by atoms with van der Waals surface area (Å²) in [4.78, 5) is 32.6. The molecule has 0 spiro atoms. The standard InChI is InChI=1S/C23H27F3N4O2/c1-16(2)20(28-19(31)15-17-7-4-3-5-8-17)22(32)30-13-11-29(12-14-30)21-18(23(24,25)26)9-6-10-27-21/h3-10,16,20H,11-15H2,1-2H3,(H,28,31). The molecule has 0 saturated carbocycles. The highest BCUT2D eigenvalue weighted by molar-refractivity contribution is 5.88. The zero-order valence-corrected chi connectivity index (χ0v) is 18.1. The number of piperazine rings is 1. The fraction of sp³-hybridized carbons (Fsp3) is 0.435. The van der Waals surface area contributed by atoms with Gasteiger partial charge in [0.05, 0.1) is 12.0 Å². The van der Waals surface area contributed by atoms with Gasteiger partial charge in [0.25, 0.3) is 0 Å². The van der Waals surface area contributed by atoms with Crippen LogP contribution in [-0.2, 0) is 22.2 Å². The summed E-state index contributed by atoms with van der Waals surface area (Å²) in [6.07, 6.45) is -2.99. The average molecular weight is 448 g/mol. The number of rotatable bonds is 6. The van der Waals surface area contributed by atoms with Crippen LogP contribution in [0, 0.1) is 5.92 Å². The Hall–Kier alpha value is -3.10. The Labute approximate surface area is 185 Å². The van der Waals surface area contributed by atoms with Crippen molar-refractivity contribution in [3.05, 3.63) is 59.8 Å². The number of hydrogen-bond donors (Lipinski definition) is 1. The second-order valence-corrected chi connectivity index (χ2v) is 8.14. The van der Waals surface area contributed by atoms with E-state index < -0.39 is 17.8 Å². The fourth-order valence-electron chi connectivity index (χ4n) is 3.72. The van der Waals surface area contributed by atoms with Gasteiger partial charge in [0.2, 0.25) is 11.8 Å². The quantitative estimate of drug-likeness (QED) is 0.738. The number of halogens is 3. The van der Waals surface area contributed by atoms with Crippen LogP contribution in [0.4, 0.5) is 19.0 Å². The smallest absolute Gasteiger partial charge is 0.353 e. The van der Waals surface area contributed by atoms with Gasteiger partial charge >= 0.3 is 6.18 Å². The van der Waals surface area contributed by atoms with Crippen LogP contribution in [0.2, 0.25) is 0 Å². The monoisotopic (exact) mass is 448 g/mol. The van der Waals surface area contributed by atoms with E-state index in [4.69, 9.17) is 0 Å². The second-order valence-electron chi connectivity index (χ2n) is 8.14. The number of hydrogen-bond acceptors (Lipinski definition) is 4. The number of carbonyl (C=O) groups excluding carboxylic acids is 2. The number of aromatic nitrogens is 1. The van der Waals surface area contributed by atoms with Gasteiger partial charge in [0.15, 0.2) is 0 Å². The molecule has 2 aromatic rings. The molecule has 1 N–H and O–H groups in total. The highest BCUT2D eigenvalue weighted by Gasteiger charge is 2.37. The zero-order valence-electron chi connectivity index (χ0n) is 18.1. The normalized spacial score (nSPS) is 15.6. The van der Waals surface area contributed by atoms with Crippen molar-refractivity contribution in [2.24, 2.45) is 5.92 Å². The summed E-state index contributed by atoms with van der Waals surface area (Å²) in [6, 6.07) is 10.8. The van der Waals surface area contributed by atoms with Crippen molar-refractivity contribution in [2.75, 3.05) is 31.1 Å². The second kappa shape index (κ2) is 10.0. The van der Waals surface area contributed by atoms with E-state index in [1.165, 1.54) is 12.3 Å². The van der Waals surface area contributed by atoms with E-state index in [-0.39, 0.29) is 56.1 Å². The molecule has 0 bridgehead atoms. The molecule has 1 atom stereocenters. The highest BCUT2D eigenvalue weighted by atomic mass is 19.4. The molecule has 1 aromatic carbocycles. The lowest BCUT2D eigenvalue weighted by atomic mass is 10.0. The number of nitrogens with one attached hydrogen (secondary N) is 1. The third-order valence-electron chi connectivity index (χ3n) is 5.44. The number of benzene rings is 1. The summed E-state index contributed by atoms with van der Waals surface area (Å²) in [5, 5.41) is 2.83. The van der Waals surface area contributed by atoms with Crippen LogP contribution in [0.3, 0.4) is 0 Å². The molecular formula is C23H27F3N4O2. The highest BCUT2D eigenvalue weighted by Crippen LogP contribution is 2.35. The molecule has 1 fully saturated rings. The van der Waals surface area contributed by atoms with Gasteiger partial charge in [0.1, 0.15) is 11.9 Å². The number of nitrogens with zero attached hydrogens (tertiary/aromatic N) is 3. The summed E-state index contributed by atoms with van der Waals surface area (Å²) >= 11 is 0. The summed E-state index contributed by atoms with van der Waals surface area (Å²) in [6.45, 7) is 4.68. The Morgan fingerprint density at radius 1 is 1.03 bits per heavy atom. The Bertz CT molecular complexity index is 926. The van der Waals surface area contributed by atoms with Crippen LogP contribution in [0.1, 0.15) is 25.0 Å². The maximum Gasteiger partial charge on any atom is 0.419 e. The topological polar surface area (TPSA) is 65.5 Å². The van der Waals surface area contributed by atoms with Gasteiger partial charge in [-0.1, -0.05) is 44.2 Å². The van der Waals surface area contributed by atoms with Crippen LogP contribution >= 0.6 is 0 Å². The molecule has 1 saturated heterocycles. The van der Waals surface area contributed by atoms with Crippen molar-refractivity contribution < 1.29 is 22.8 Å². The van der Waals surface area contributed by atoms with Gasteiger partial charge < -0.3 is 15.1 Å². The summed E-state index contributed by atoms with van der Waals surface area (Å²) in [5.41, 5.74) is 0.0670. The molecule has 1 aliphatic rings. The van der Waals surface area contributed by atoms with Gasteiger partial charge in [-0.2, -0.15) is 13.2 Å². The number of pyridine rings is 1. The lowest BCUT2D eigenvalue weighted by molar-refractivity contribution is -0.138. The van der Waals surface area contributed by atoms with Gasteiger partial charge in [-0.25, -0.2) is 4.98 Å². The maximum atomic E-state index is 13.3. The first-order chi connectivity index (χ1) is 15.2. The molecule has 6 nitrogen and oxygen atoms in total. The third kappa shape index (κ3) is 5.77. The minimum Gasteiger partial charge on any atom is -0.353 e. The SMILES string of the molecule is CC(C)C(NC(=O)Cc1ccccc1)C(=O)N1CCN(c2ncccc2C(F)(F)F)CC1. The first-order valence-electron chi connectivity index (χ1n) is 10.6. The maximum absolute atomic E-state index is 13.3. The van der Waals surface area contributed by atoms with Crippen LogP contribution in [0.25, 0.3) is 0 Å². The van der Waals surface area contributed by atoms with E-state index in [0.29, 0.717) is 0 Å². The van der Waals surface area contributed by atoms with Crippen LogP contribution in [-0.4, -0.2) is 53.9 Å². The molecule has 32 heavy (non-hydrogen) atoms. The molecular weight excluding hydrogens is 421 g/mol. The fourth-order valence-corrected chi connectivity index (χ4v) is 3.72. The average Bonchev–Trinajstić information content (AvgIpc) is 2.77. The molecule has 2 heterocycles. The number of carbonyl (C=O) groups is 2. The molecule has 172 valence electrons. The first-order valence-corrected chi connectivity index (χ1v) is 10.6. The first kappa shape index (κ1) is 23.6. The number of alkyl halides is 3. The Morgan fingerprint density at radius 2 is 1.69 bits per heavy atom. The van der Waals surface area contributed by atoms with E-state index in [1.807, 2.05) is 44.2 Å². The zero-order chi connectivity index (χ0) is 23.3. The lowest BCUT2D eigenvalue weighted by Crippen LogP contribution is -2.56. The van der Waals surface area contributed by atoms with Crippen LogP contribution in [0.15, 0.2) is 48.7 Å². The molecule has 1 unspecified atom stereocenters. The van der Waals surface area contributed by atoms with Crippen molar-refractivity contribution in [1.82, 2.24) is 15.2 Å². The molecule has 9 heteroatoms. The Kier molecular flexibility index (Phi) is 7.37. The summed E-state index contributed by atoms with van der Waals surface area (Å²) in [5.74, 6) is -0.722. The minimum absolute atomic E-state index is 0.122. The largest absolute Gasteiger partial charge is 0.419 e. The van der Waals surface area contributed by atoms with Crippen LogP contribution < -0.4 is 10.2 Å². The van der Waals surface area contributed by atoms with Gasteiger partial charge in [-0.15, -0.1) is 0 Å². The van der Waals surface area contributed by atoms with E-state index in [2.05, 4.69) is 10.3 Å². The molecule has 1 aromatic heterocycles. The number of amides is 2. The summed E-state index contributed by atoms with van der Waals surface area (Å²) < 4.78 is 39.9. The Balaban J connectivity index is 1.62. The molecule has 0 aliphatic carbocycles. The van der Waals surface area contributed by atoms with E-state index >= 15 is 0 Å². The van der Waals surface area contributed by atoms with E-state index in [0.717, 1.165) is 11.6 Å². The van der Waals surface area contributed by atoms with Gasteiger partial charge in [-0.05, 0) is 23.6 Å². The predicted octanol–water partition coefficient (Wildman–Crippen LogP) is 3.13. The minimum atomic E-state index is -4.50. The van der Waals surface area contributed by atoms with Crippen molar-refractivity contribution in [2.45, 2.75) is 32.5 Å². The van der Waals surface area contributed by atoms with Crippen molar-refractivity contribution in [3.63, 3.8) is 0 Å². The molecule has 0 radical (unpaired) electrons.